The highest BCUT2D eigenvalue weighted by molar-refractivity contribution is 7.92. The summed E-state index contributed by atoms with van der Waals surface area (Å²) in [5.74, 6) is 0.108. The van der Waals surface area contributed by atoms with Gasteiger partial charge in [-0.25, -0.2) is 8.42 Å². The molecule has 0 aliphatic carbocycles. The normalized spacial score (nSPS) is 13.0. The Labute approximate surface area is 235 Å². The first-order chi connectivity index (χ1) is 19.2. The van der Waals surface area contributed by atoms with Crippen molar-refractivity contribution in [3.05, 3.63) is 89.5 Å². The molecule has 1 unspecified atom stereocenters. The largest absolute Gasteiger partial charge is 0.454 e. The Morgan fingerprint density at radius 1 is 0.975 bits per heavy atom. The molecule has 2 amide bonds. The van der Waals surface area contributed by atoms with Crippen LogP contribution in [0, 0.1) is 6.92 Å². The van der Waals surface area contributed by atoms with Gasteiger partial charge in [0.1, 0.15) is 12.6 Å². The number of anilines is 1. The maximum Gasteiger partial charge on any atom is 0.244 e. The molecular weight excluding hydrogens is 530 g/mol. The van der Waals surface area contributed by atoms with Crippen molar-refractivity contribution >= 4 is 27.5 Å². The number of benzene rings is 3. The number of amides is 2. The van der Waals surface area contributed by atoms with Crippen molar-refractivity contribution in [3.63, 3.8) is 0 Å². The third-order valence-corrected chi connectivity index (χ3v) is 7.89. The van der Waals surface area contributed by atoms with E-state index in [0.29, 0.717) is 18.0 Å². The highest BCUT2D eigenvalue weighted by Gasteiger charge is 2.33. The molecular formula is C30H35N3O6S. The third kappa shape index (κ3) is 7.12. The molecule has 1 atom stereocenters. The first-order valence-electron chi connectivity index (χ1n) is 13.2. The van der Waals surface area contributed by atoms with Gasteiger partial charge < -0.3 is 19.7 Å². The number of ether oxygens (including phenoxy) is 2. The van der Waals surface area contributed by atoms with E-state index in [9.17, 15) is 18.0 Å². The molecule has 4 rings (SSSR count). The zero-order chi connectivity index (χ0) is 28.7. The summed E-state index contributed by atoms with van der Waals surface area (Å²) in [6, 6.07) is 21.0. The van der Waals surface area contributed by atoms with Crippen LogP contribution < -0.4 is 19.1 Å². The Hall–Kier alpha value is -4.05. The number of hydrogen-bond acceptors (Lipinski definition) is 6. The van der Waals surface area contributed by atoms with Gasteiger partial charge >= 0.3 is 0 Å². The molecule has 1 heterocycles. The number of fused-ring (bicyclic) bond motifs is 1. The fourth-order valence-corrected chi connectivity index (χ4v) is 5.39. The second-order valence-corrected chi connectivity index (χ2v) is 11.7. The molecule has 0 saturated carbocycles. The average Bonchev–Trinajstić information content (AvgIpc) is 3.41. The van der Waals surface area contributed by atoms with E-state index >= 15 is 0 Å². The van der Waals surface area contributed by atoms with Crippen molar-refractivity contribution in [3.8, 4) is 11.5 Å². The summed E-state index contributed by atoms with van der Waals surface area (Å²) in [7, 11) is -3.88. The quantitative estimate of drug-likeness (QED) is 0.360. The number of aryl methyl sites for hydroxylation is 1. The molecule has 0 spiro atoms. The van der Waals surface area contributed by atoms with E-state index in [2.05, 4.69) is 5.32 Å². The maximum absolute atomic E-state index is 14.1. The van der Waals surface area contributed by atoms with Crippen LogP contribution in [0.25, 0.3) is 0 Å². The fraction of sp³-hybridized carbons (Fsp3) is 0.333. The van der Waals surface area contributed by atoms with E-state index in [0.717, 1.165) is 33.7 Å². The van der Waals surface area contributed by atoms with E-state index in [1.807, 2.05) is 68.4 Å². The minimum atomic E-state index is -3.88. The summed E-state index contributed by atoms with van der Waals surface area (Å²) in [5, 5.41) is 2.94. The Bertz CT molecular complexity index is 1440. The van der Waals surface area contributed by atoms with Crippen LogP contribution in [0.5, 0.6) is 11.5 Å². The van der Waals surface area contributed by atoms with Gasteiger partial charge in [-0.05, 0) is 42.2 Å². The molecule has 1 N–H and O–H groups in total. The van der Waals surface area contributed by atoms with Gasteiger partial charge in [-0.3, -0.25) is 13.9 Å². The molecule has 0 aromatic heterocycles. The molecule has 9 nitrogen and oxygen atoms in total. The smallest absolute Gasteiger partial charge is 0.244 e. The summed E-state index contributed by atoms with van der Waals surface area (Å²) in [5.41, 5.74) is 2.98. The van der Waals surface area contributed by atoms with Crippen molar-refractivity contribution in [2.45, 2.75) is 39.3 Å². The Balaban J connectivity index is 1.72. The van der Waals surface area contributed by atoms with Crippen molar-refractivity contribution in [2.75, 3.05) is 30.4 Å². The van der Waals surface area contributed by atoms with Gasteiger partial charge in [0.05, 0.1) is 11.9 Å². The SMILES string of the molecule is CCCNC(=O)C(Cc1ccccc1)N(Cc1ccccc1C)C(=O)CN(c1ccc2c(c1)OCO2)S(C)(=O)=O. The van der Waals surface area contributed by atoms with Gasteiger partial charge in [0.2, 0.25) is 28.6 Å². The van der Waals surface area contributed by atoms with E-state index in [-0.39, 0.29) is 31.4 Å². The van der Waals surface area contributed by atoms with Crippen LogP contribution in [0.2, 0.25) is 0 Å². The Morgan fingerprint density at radius 3 is 2.38 bits per heavy atom. The summed E-state index contributed by atoms with van der Waals surface area (Å²) < 4.78 is 37.7. The lowest BCUT2D eigenvalue weighted by atomic mass is 10.0. The molecule has 3 aromatic carbocycles. The molecule has 1 aliphatic rings. The van der Waals surface area contributed by atoms with Gasteiger partial charge in [-0.15, -0.1) is 0 Å². The van der Waals surface area contributed by atoms with Crippen LogP contribution in [0.4, 0.5) is 5.69 Å². The lowest BCUT2D eigenvalue weighted by Crippen LogP contribution is -2.53. The first-order valence-corrected chi connectivity index (χ1v) is 15.0. The highest BCUT2D eigenvalue weighted by atomic mass is 32.2. The number of carbonyl (C=O) groups excluding carboxylic acids is 2. The number of hydrogen-bond donors (Lipinski definition) is 1. The molecule has 10 heteroatoms. The molecule has 40 heavy (non-hydrogen) atoms. The second-order valence-electron chi connectivity index (χ2n) is 9.75. The van der Waals surface area contributed by atoms with E-state index in [1.54, 1.807) is 12.1 Å². The zero-order valence-corrected chi connectivity index (χ0v) is 23.8. The maximum atomic E-state index is 14.1. The van der Waals surface area contributed by atoms with Crippen LogP contribution in [-0.4, -0.2) is 57.3 Å². The molecule has 0 fully saturated rings. The standard InChI is InChI=1S/C30H35N3O6S/c1-4-16-31-30(35)26(17-23-11-6-5-7-12-23)32(19-24-13-9-8-10-22(24)2)29(34)20-33(40(3,36)37)25-14-15-27-28(18-25)39-21-38-27/h5-15,18,26H,4,16-17,19-21H2,1-3H3,(H,31,35). The molecule has 0 bridgehead atoms. The average molecular weight is 566 g/mol. The van der Waals surface area contributed by atoms with E-state index in [1.165, 1.54) is 11.0 Å². The minimum Gasteiger partial charge on any atom is -0.454 e. The first kappa shape index (κ1) is 28.9. The number of nitrogens with zero attached hydrogens (tertiary/aromatic N) is 2. The molecule has 0 saturated heterocycles. The summed E-state index contributed by atoms with van der Waals surface area (Å²) >= 11 is 0. The lowest BCUT2D eigenvalue weighted by molar-refractivity contribution is -0.140. The third-order valence-electron chi connectivity index (χ3n) is 6.75. The predicted octanol–water partition coefficient (Wildman–Crippen LogP) is 3.66. The summed E-state index contributed by atoms with van der Waals surface area (Å²) in [6.07, 6.45) is 2.06. The Kier molecular flexibility index (Phi) is 9.31. The molecule has 3 aromatic rings. The van der Waals surface area contributed by atoms with Crippen molar-refractivity contribution in [1.29, 1.82) is 0 Å². The second kappa shape index (κ2) is 12.9. The topological polar surface area (TPSA) is 105 Å². The van der Waals surface area contributed by atoms with Crippen LogP contribution in [-0.2, 0) is 32.6 Å². The van der Waals surface area contributed by atoms with Crippen LogP contribution in [0.15, 0.2) is 72.8 Å². The van der Waals surface area contributed by atoms with Gasteiger partial charge in [0, 0.05) is 25.6 Å². The van der Waals surface area contributed by atoms with Crippen molar-refractivity contribution in [1.82, 2.24) is 10.2 Å². The van der Waals surface area contributed by atoms with E-state index < -0.39 is 28.5 Å². The highest BCUT2D eigenvalue weighted by Crippen LogP contribution is 2.36. The van der Waals surface area contributed by atoms with Crippen LogP contribution in [0.1, 0.15) is 30.0 Å². The number of sulfonamides is 1. The van der Waals surface area contributed by atoms with Crippen molar-refractivity contribution in [2.24, 2.45) is 0 Å². The monoisotopic (exact) mass is 565 g/mol. The molecule has 1 aliphatic heterocycles. The van der Waals surface area contributed by atoms with Gasteiger partial charge in [0.25, 0.3) is 0 Å². The summed E-state index contributed by atoms with van der Waals surface area (Å²) in [6.45, 7) is 4.05. The number of nitrogens with one attached hydrogen (secondary N) is 1. The Morgan fingerprint density at radius 2 is 1.68 bits per heavy atom. The minimum absolute atomic E-state index is 0.0365. The van der Waals surface area contributed by atoms with E-state index in [4.69, 9.17) is 9.47 Å². The molecule has 0 radical (unpaired) electrons. The number of carbonyl (C=O) groups is 2. The van der Waals surface area contributed by atoms with Crippen LogP contribution >= 0.6 is 0 Å². The summed E-state index contributed by atoms with van der Waals surface area (Å²) in [4.78, 5) is 29.1. The fourth-order valence-electron chi connectivity index (χ4n) is 4.55. The van der Waals surface area contributed by atoms with Gasteiger partial charge in [-0.2, -0.15) is 0 Å². The van der Waals surface area contributed by atoms with Gasteiger partial charge in [-0.1, -0.05) is 61.5 Å². The zero-order valence-electron chi connectivity index (χ0n) is 23.0. The van der Waals surface area contributed by atoms with Gasteiger partial charge in [0.15, 0.2) is 11.5 Å². The lowest BCUT2D eigenvalue weighted by Gasteiger charge is -2.34. The predicted molar refractivity (Wildman–Crippen MR) is 154 cm³/mol. The van der Waals surface area contributed by atoms with Crippen molar-refractivity contribution < 1.29 is 27.5 Å². The van der Waals surface area contributed by atoms with Crippen LogP contribution in [0.3, 0.4) is 0 Å². The number of rotatable bonds is 12. The molecule has 212 valence electrons.